The zero-order valence-electron chi connectivity index (χ0n) is 16.1. The number of aromatic nitrogens is 1. The zero-order valence-corrected chi connectivity index (χ0v) is 16.1. The maximum atomic E-state index is 12.4. The second kappa shape index (κ2) is 7.51. The van der Waals surface area contributed by atoms with Gasteiger partial charge in [0.15, 0.2) is 0 Å². The van der Waals surface area contributed by atoms with Crippen molar-refractivity contribution >= 4 is 11.9 Å². The van der Waals surface area contributed by atoms with Crippen molar-refractivity contribution in [3.63, 3.8) is 0 Å². The lowest BCUT2D eigenvalue weighted by Crippen LogP contribution is -2.38. The van der Waals surface area contributed by atoms with Gasteiger partial charge in [-0.2, -0.15) is 0 Å². The summed E-state index contributed by atoms with van der Waals surface area (Å²) in [6.07, 6.45) is 1.84. The van der Waals surface area contributed by atoms with E-state index in [0.717, 1.165) is 42.9 Å². The summed E-state index contributed by atoms with van der Waals surface area (Å²) in [7, 11) is 0. The monoisotopic (exact) mass is 366 g/mol. The van der Waals surface area contributed by atoms with E-state index in [1.807, 2.05) is 43.9 Å². The maximum Gasteiger partial charge on any atom is 0.335 e. The van der Waals surface area contributed by atoms with Crippen LogP contribution in [-0.2, 0) is 11.2 Å². The Balaban J connectivity index is 1.68. The van der Waals surface area contributed by atoms with Crippen molar-refractivity contribution in [2.45, 2.75) is 33.6 Å². The van der Waals surface area contributed by atoms with Crippen LogP contribution in [0, 0.1) is 11.3 Å². The van der Waals surface area contributed by atoms with Gasteiger partial charge in [0.2, 0.25) is 5.91 Å². The fourth-order valence-electron chi connectivity index (χ4n) is 3.49. The Hall–Kier alpha value is -2.69. The first-order valence-electron chi connectivity index (χ1n) is 9.33. The first kappa shape index (κ1) is 19.1. The number of amides is 1. The van der Waals surface area contributed by atoms with Crippen LogP contribution in [0.15, 0.2) is 42.5 Å². The predicted octanol–water partition coefficient (Wildman–Crippen LogP) is 3.88. The third-order valence-corrected chi connectivity index (χ3v) is 4.95. The Morgan fingerprint density at radius 1 is 1.15 bits per heavy atom. The van der Waals surface area contributed by atoms with E-state index in [0.29, 0.717) is 5.92 Å². The Kier molecular flexibility index (Phi) is 5.31. The molecule has 1 saturated heterocycles. The number of carboxylic acid groups (broad SMARTS) is 1. The lowest BCUT2D eigenvalue weighted by molar-refractivity contribution is -0.138. The van der Waals surface area contributed by atoms with E-state index >= 15 is 0 Å². The molecule has 2 aromatic rings. The van der Waals surface area contributed by atoms with Crippen LogP contribution in [0.1, 0.15) is 43.2 Å². The summed E-state index contributed by atoms with van der Waals surface area (Å²) in [5.74, 6) is -0.294. The summed E-state index contributed by atoms with van der Waals surface area (Å²) in [5, 5.41) is 9.02. The van der Waals surface area contributed by atoms with Gasteiger partial charge in [-0.1, -0.05) is 39.0 Å². The van der Waals surface area contributed by atoms with E-state index in [2.05, 4.69) is 0 Å². The van der Waals surface area contributed by atoms with Crippen LogP contribution in [0.25, 0.3) is 11.3 Å². The molecule has 5 nitrogen and oxygen atoms in total. The molecule has 1 amide bonds. The number of hydrogen-bond acceptors (Lipinski definition) is 3. The molecule has 0 bridgehead atoms. The zero-order chi connectivity index (χ0) is 19.6. The number of aromatic carboxylic acids is 1. The number of carbonyl (C=O) groups excluding carboxylic acids is 1. The van der Waals surface area contributed by atoms with E-state index in [9.17, 15) is 9.59 Å². The fourth-order valence-corrected chi connectivity index (χ4v) is 3.49. The van der Waals surface area contributed by atoms with Crippen LogP contribution in [0.2, 0.25) is 0 Å². The highest BCUT2D eigenvalue weighted by molar-refractivity contribution is 5.88. The molecule has 1 atom stereocenters. The van der Waals surface area contributed by atoms with Crippen molar-refractivity contribution in [2.24, 2.45) is 11.3 Å². The SMILES string of the molecule is CC(C)(C)C(=O)N1CC[C@H](Cc2cccc(-c3ccc(C(=O)O)cc3)n2)C1. The Morgan fingerprint density at radius 3 is 2.48 bits per heavy atom. The average molecular weight is 366 g/mol. The third kappa shape index (κ3) is 4.54. The number of rotatable bonds is 4. The van der Waals surface area contributed by atoms with Gasteiger partial charge in [-0.3, -0.25) is 9.78 Å². The highest BCUT2D eigenvalue weighted by atomic mass is 16.4. The molecule has 2 heterocycles. The van der Waals surface area contributed by atoms with E-state index in [-0.39, 0.29) is 16.9 Å². The van der Waals surface area contributed by atoms with Crippen molar-refractivity contribution in [3.8, 4) is 11.3 Å². The molecule has 1 aromatic carbocycles. The number of benzene rings is 1. The van der Waals surface area contributed by atoms with Gasteiger partial charge in [0.1, 0.15) is 0 Å². The molecule has 1 aliphatic rings. The second-order valence-corrected chi connectivity index (χ2v) is 8.26. The highest BCUT2D eigenvalue weighted by Crippen LogP contribution is 2.26. The molecule has 1 aliphatic heterocycles. The van der Waals surface area contributed by atoms with Gasteiger partial charge in [-0.15, -0.1) is 0 Å². The molecule has 0 radical (unpaired) electrons. The van der Waals surface area contributed by atoms with Gasteiger partial charge >= 0.3 is 5.97 Å². The van der Waals surface area contributed by atoms with Crippen LogP contribution in [0.5, 0.6) is 0 Å². The van der Waals surface area contributed by atoms with Crippen molar-refractivity contribution in [1.29, 1.82) is 0 Å². The van der Waals surface area contributed by atoms with E-state index in [1.54, 1.807) is 24.3 Å². The number of hydrogen-bond donors (Lipinski definition) is 1. The first-order valence-corrected chi connectivity index (χ1v) is 9.33. The quantitative estimate of drug-likeness (QED) is 0.891. The van der Waals surface area contributed by atoms with Crippen LogP contribution in [-0.4, -0.2) is 40.0 Å². The molecule has 3 rings (SSSR count). The second-order valence-electron chi connectivity index (χ2n) is 8.26. The van der Waals surface area contributed by atoms with Crippen molar-refractivity contribution in [1.82, 2.24) is 9.88 Å². The normalized spacial score (nSPS) is 17.1. The summed E-state index contributed by atoms with van der Waals surface area (Å²) in [5.41, 5.74) is 2.67. The Morgan fingerprint density at radius 2 is 1.85 bits per heavy atom. The minimum atomic E-state index is -0.932. The predicted molar refractivity (Wildman–Crippen MR) is 104 cm³/mol. The lowest BCUT2D eigenvalue weighted by Gasteiger charge is -2.25. The molecular weight excluding hydrogens is 340 g/mol. The summed E-state index contributed by atoms with van der Waals surface area (Å²) in [6, 6.07) is 12.7. The Labute approximate surface area is 160 Å². The van der Waals surface area contributed by atoms with Gasteiger partial charge in [0, 0.05) is 29.8 Å². The van der Waals surface area contributed by atoms with E-state index in [1.165, 1.54) is 0 Å². The van der Waals surface area contributed by atoms with Gasteiger partial charge in [-0.25, -0.2) is 4.79 Å². The van der Waals surface area contributed by atoms with Gasteiger partial charge in [0.25, 0.3) is 0 Å². The van der Waals surface area contributed by atoms with Crippen LogP contribution in [0.4, 0.5) is 0 Å². The molecule has 27 heavy (non-hydrogen) atoms. The number of carbonyl (C=O) groups is 2. The summed E-state index contributed by atoms with van der Waals surface area (Å²) in [6.45, 7) is 7.49. The number of likely N-dealkylation sites (tertiary alicyclic amines) is 1. The van der Waals surface area contributed by atoms with Gasteiger partial charge in [-0.05, 0) is 43.0 Å². The topological polar surface area (TPSA) is 70.5 Å². The number of carboxylic acids is 1. The molecule has 1 N–H and O–H groups in total. The maximum absolute atomic E-state index is 12.4. The first-order chi connectivity index (χ1) is 12.7. The van der Waals surface area contributed by atoms with Crippen molar-refractivity contribution in [2.75, 3.05) is 13.1 Å². The molecule has 0 saturated carbocycles. The number of pyridine rings is 1. The molecule has 1 fully saturated rings. The Bertz CT molecular complexity index is 837. The molecule has 0 spiro atoms. The molecule has 5 heteroatoms. The summed E-state index contributed by atoms with van der Waals surface area (Å²) < 4.78 is 0. The van der Waals surface area contributed by atoms with Crippen LogP contribution in [0.3, 0.4) is 0 Å². The van der Waals surface area contributed by atoms with Gasteiger partial charge in [0.05, 0.1) is 11.3 Å². The molecule has 0 unspecified atom stereocenters. The van der Waals surface area contributed by atoms with Crippen LogP contribution < -0.4 is 0 Å². The molecule has 1 aromatic heterocycles. The summed E-state index contributed by atoms with van der Waals surface area (Å²) >= 11 is 0. The summed E-state index contributed by atoms with van der Waals surface area (Å²) in [4.78, 5) is 30.2. The largest absolute Gasteiger partial charge is 0.478 e. The van der Waals surface area contributed by atoms with E-state index < -0.39 is 5.97 Å². The third-order valence-electron chi connectivity index (χ3n) is 4.95. The fraction of sp³-hybridized carbons (Fsp3) is 0.409. The molecule has 0 aliphatic carbocycles. The minimum Gasteiger partial charge on any atom is -0.478 e. The lowest BCUT2D eigenvalue weighted by atomic mass is 9.95. The molecular formula is C22H26N2O3. The number of nitrogens with zero attached hydrogens (tertiary/aromatic N) is 2. The average Bonchev–Trinajstić information content (AvgIpc) is 3.09. The molecule has 142 valence electrons. The van der Waals surface area contributed by atoms with Crippen LogP contribution >= 0.6 is 0 Å². The minimum absolute atomic E-state index is 0.213. The highest BCUT2D eigenvalue weighted by Gasteiger charge is 2.32. The van der Waals surface area contributed by atoms with Crippen molar-refractivity contribution < 1.29 is 14.7 Å². The smallest absolute Gasteiger partial charge is 0.335 e. The van der Waals surface area contributed by atoms with Gasteiger partial charge < -0.3 is 10.0 Å². The van der Waals surface area contributed by atoms with E-state index in [4.69, 9.17) is 10.1 Å². The standard InChI is InChI=1S/C22H26N2O3/c1-22(2,3)21(27)24-12-11-15(14-24)13-18-5-4-6-19(23-18)16-7-9-17(10-8-16)20(25)26/h4-10,15H,11-14H2,1-3H3,(H,25,26)/t15-/m1/s1. The van der Waals surface area contributed by atoms with Crippen molar-refractivity contribution in [3.05, 3.63) is 53.7 Å².